The van der Waals surface area contributed by atoms with Gasteiger partial charge in [0.05, 0.1) is 18.3 Å². The maximum Gasteiger partial charge on any atom is 0.231 e. The maximum absolute atomic E-state index is 6.08. The van der Waals surface area contributed by atoms with Gasteiger partial charge in [0.1, 0.15) is 0 Å². The largest absolute Gasteiger partial charge is 0.493 e. The van der Waals surface area contributed by atoms with E-state index in [0.717, 1.165) is 27.7 Å². The Hall–Kier alpha value is -2.46. The van der Waals surface area contributed by atoms with Gasteiger partial charge in [-0.25, -0.2) is 4.98 Å². The summed E-state index contributed by atoms with van der Waals surface area (Å²) >= 11 is 6.08. The monoisotopic (exact) mass is 327 g/mol. The van der Waals surface area contributed by atoms with E-state index < -0.39 is 0 Å². The molecule has 0 spiro atoms. The summed E-state index contributed by atoms with van der Waals surface area (Å²) in [6, 6.07) is 11.6. The zero-order chi connectivity index (χ0) is 16.0. The van der Waals surface area contributed by atoms with Crippen molar-refractivity contribution in [3.8, 4) is 28.5 Å². The summed E-state index contributed by atoms with van der Waals surface area (Å²) < 4.78 is 16.3. The highest BCUT2D eigenvalue weighted by Gasteiger charge is 2.21. The summed E-state index contributed by atoms with van der Waals surface area (Å²) in [5.41, 5.74) is 3.80. The van der Waals surface area contributed by atoms with Crippen LogP contribution in [0.5, 0.6) is 17.2 Å². The van der Waals surface area contributed by atoms with Gasteiger partial charge in [0.2, 0.25) is 12.5 Å². The zero-order valence-corrected chi connectivity index (χ0v) is 13.5. The number of ether oxygens (including phenoxy) is 3. The second kappa shape index (κ2) is 5.32. The first-order valence-corrected chi connectivity index (χ1v) is 7.58. The van der Waals surface area contributed by atoms with Crippen molar-refractivity contribution in [2.24, 2.45) is 0 Å². The average Bonchev–Trinajstić information content (AvgIpc) is 3.03. The minimum atomic E-state index is 0.206. The molecule has 0 aliphatic carbocycles. The molecule has 0 radical (unpaired) electrons. The Morgan fingerprint density at radius 3 is 2.83 bits per heavy atom. The van der Waals surface area contributed by atoms with Gasteiger partial charge in [-0.3, -0.25) is 0 Å². The van der Waals surface area contributed by atoms with Crippen molar-refractivity contribution in [3.05, 3.63) is 47.0 Å². The number of benzene rings is 2. The van der Waals surface area contributed by atoms with Crippen LogP contribution < -0.4 is 14.2 Å². The number of hydrogen-bond donors (Lipinski definition) is 0. The first-order valence-electron chi connectivity index (χ1n) is 7.20. The molecule has 0 amide bonds. The summed E-state index contributed by atoms with van der Waals surface area (Å²) in [5.74, 6) is 1.96. The van der Waals surface area contributed by atoms with Gasteiger partial charge in [0.15, 0.2) is 11.5 Å². The fraction of sp³-hybridized carbons (Fsp3) is 0.167. The van der Waals surface area contributed by atoms with Crippen molar-refractivity contribution in [1.29, 1.82) is 0 Å². The predicted molar refractivity (Wildman–Crippen MR) is 89.6 cm³/mol. The number of hydrogen-bond acceptors (Lipinski definition) is 4. The van der Waals surface area contributed by atoms with Crippen LogP contribution in [-0.2, 0) is 0 Å². The Kier molecular flexibility index (Phi) is 3.27. The lowest BCUT2D eigenvalue weighted by atomic mass is 10.0. The summed E-state index contributed by atoms with van der Waals surface area (Å²) in [6.45, 7) is 2.26. The second-order valence-electron chi connectivity index (χ2n) is 5.40. The normalized spacial score (nSPS) is 12.7. The highest BCUT2D eigenvalue weighted by Crippen LogP contribution is 2.44. The molecular formula is C18H14ClNO3. The van der Waals surface area contributed by atoms with E-state index in [4.69, 9.17) is 30.8 Å². The molecule has 0 atom stereocenters. The molecule has 0 bridgehead atoms. The minimum Gasteiger partial charge on any atom is -0.493 e. The highest BCUT2D eigenvalue weighted by molar-refractivity contribution is 6.31. The Morgan fingerprint density at radius 1 is 1.13 bits per heavy atom. The Balaban J connectivity index is 1.91. The van der Waals surface area contributed by atoms with Crippen molar-refractivity contribution in [2.75, 3.05) is 13.9 Å². The molecule has 2 heterocycles. The number of aryl methyl sites for hydroxylation is 1. The van der Waals surface area contributed by atoms with Crippen molar-refractivity contribution in [2.45, 2.75) is 6.92 Å². The van der Waals surface area contributed by atoms with Gasteiger partial charge < -0.3 is 14.2 Å². The third-order valence-corrected chi connectivity index (χ3v) is 4.17. The van der Waals surface area contributed by atoms with Gasteiger partial charge >= 0.3 is 0 Å². The molecule has 4 nitrogen and oxygen atoms in total. The SMILES string of the molecule is COc1cc(-c2cc(C)c3cc(Cl)ccc3n2)cc2c1OCO2. The molecule has 1 aliphatic rings. The van der Waals surface area contributed by atoms with Crippen molar-refractivity contribution in [1.82, 2.24) is 4.98 Å². The molecule has 0 N–H and O–H groups in total. The van der Waals surface area contributed by atoms with Crippen LogP contribution in [0.1, 0.15) is 5.56 Å². The molecule has 0 unspecified atom stereocenters. The minimum absolute atomic E-state index is 0.206. The molecule has 3 aromatic rings. The van der Waals surface area contributed by atoms with Crippen LogP contribution in [0.3, 0.4) is 0 Å². The smallest absolute Gasteiger partial charge is 0.231 e. The van der Waals surface area contributed by atoms with Gasteiger partial charge in [-0.15, -0.1) is 0 Å². The maximum atomic E-state index is 6.08. The number of aromatic nitrogens is 1. The van der Waals surface area contributed by atoms with Gasteiger partial charge in [0, 0.05) is 16.0 Å². The van der Waals surface area contributed by atoms with E-state index in [1.54, 1.807) is 7.11 Å². The van der Waals surface area contributed by atoms with E-state index >= 15 is 0 Å². The summed E-state index contributed by atoms with van der Waals surface area (Å²) in [4.78, 5) is 4.74. The molecule has 0 saturated carbocycles. The molecular weight excluding hydrogens is 314 g/mol. The third-order valence-electron chi connectivity index (χ3n) is 3.93. The lowest BCUT2D eigenvalue weighted by molar-refractivity contribution is 0.171. The topological polar surface area (TPSA) is 40.6 Å². The molecule has 23 heavy (non-hydrogen) atoms. The van der Waals surface area contributed by atoms with Gasteiger partial charge in [-0.1, -0.05) is 11.6 Å². The van der Waals surface area contributed by atoms with E-state index in [1.165, 1.54) is 0 Å². The lowest BCUT2D eigenvalue weighted by Gasteiger charge is -2.10. The molecule has 1 aromatic heterocycles. The fourth-order valence-corrected chi connectivity index (χ4v) is 2.96. The van der Waals surface area contributed by atoms with E-state index in [0.29, 0.717) is 22.3 Å². The number of pyridine rings is 1. The molecule has 1 aliphatic heterocycles. The Labute approximate surface area is 138 Å². The van der Waals surface area contributed by atoms with E-state index in [2.05, 4.69) is 0 Å². The van der Waals surface area contributed by atoms with Crippen LogP contribution in [0.15, 0.2) is 36.4 Å². The Morgan fingerprint density at radius 2 is 2.00 bits per heavy atom. The zero-order valence-electron chi connectivity index (χ0n) is 12.7. The van der Waals surface area contributed by atoms with Crippen molar-refractivity contribution >= 4 is 22.5 Å². The van der Waals surface area contributed by atoms with Crippen LogP contribution in [0.25, 0.3) is 22.2 Å². The van der Waals surface area contributed by atoms with E-state index in [1.807, 2.05) is 43.3 Å². The molecule has 116 valence electrons. The number of halogens is 1. The summed E-state index contributed by atoms with van der Waals surface area (Å²) in [5, 5.41) is 1.76. The predicted octanol–water partition coefficient (Wildman–Crippen LogP) is 4.60. The number of rotatable bonds is 2. The van der Waals surface area contributed by atoms with Crippen LogP contribution in [0.4, 0.5) is 0 Å². The summed E-state index contributed by atoms with van der Waals surface area (Å²) in [7, 11) is 1.61. The van der Waals surface area contributed by atoms with Crippen LogP contribution in [0, 0.1) is 6.92 Å². The molecule has 0 saturated heterocycles. The molecule has 4 rings (SSSR count). The van der Waals surface area contributed by atoms with Crippen LogP contribution in [0.2, 0.25) is 5.02 Å². The second-order valence-corrected chi connectivity index (χ2v) is 5.83. The quantitative estimate of drug-likeness (QED) is 0.689. The lowest BCUT2D eigenvalue weighted by Crippen LogP contribution is -1.93. The third kappa shape index (κ3) is 2.35. The molecule has 2 aromatic carbocycles. The van der Waals surface area contributed by atoms with Gasteiger partial charge in [-0.05, 0) is 48.9 Å². The Bertz CT molecular complexity index is 924. The molecule has 0 fully saturated rings. The van der Waals surface area contributed by atoms with Crippen LogP contribution in [-0.4, -0.2) is 18.9 Å². The van der Waals surface area contributed by atoms with Crippen molar-refractivity contribution in [3.63, 3.8) is 0 Å². The highest BCUT2D eigenvalue weighted by atomic mass is 35.5. The van der Waals surface area contributed by atoms with E-state index in [-0.39, 0.29) is 6.79 Å². The van der Waals surface area contributed by atoms with Gasteiger partial charge in [-0.2, -0.15) is 0 Å². The number of fused-ring (bicyclic) bond motifs is 2. The number of methoxy groups -OCH3 is 1. The van der Waals surface area contributed by atoms with Crippen molar-refractivity contribution < 1.29 is 14.2 Å². The number of nitrogens with zero attached hydrogens (tertiary/aromatic N) is 1. The first-order chi connectivity index (χ1) is 11.2. The van der Waals surface area contributed by atoms with E-state index in [9.17, 15) is 0 Å². The van der Waals surface area contributed by atoms with Crippen LogP contribution >= 0.6 is 11.6 Å². The standard InChI is InChI=1S/C18H14ClNO3/c1-10-5-15(20-14-4-3-12(19)8-13(10)14)11-6-16(21-2)18-17(7-11)22-9-23-18/h3-8H,9H2,1-2H3. The summed E-state index contributed by atoms with van der Waals surface area (Å²) in [6.07, 6.45) is 0. The van der Waals surface area contributed by atoms with Gasteiger partial charge in [0.25, 0.3) is 0 Å². The average molecular weight is 328 g/mol. The molecule has 5 heteroatoms. The first kappa shape index (κ1) is 14.2. The fourth-order valence-electron chi connectivity index (χ4n) is 2.79.